The summed E-state index contributed by atoms with van der Waals surface area (Å²) < 4.78 is 10.7. The number of benzene rings is 2. The lowest BCUT2D eigenvalue weighted by atomic mass is 10.2. The van der Waals surface area contributed by atoms with E-state index in [1.54, 1.807) is 25.3 Å². The number of para-hydroxylation sites is 1. The van der Waals surface area contributed by atoms with Crippen molar-refractivity contribution in [2.24, 2.45) is 0 Å². The van der Waals surface area contributed by atoms with Crippen LogP contribution in [0.2, 0.25) is 0 Å². The first-order chi connectivity index (χ1) is 10.2. The smallest absolute Gasteiger partial charge is 0.255 e. The van der Waals surface area contributed by atoms with Gasteiger partial charge in [0.25, 0.3) is 5.91 Å². The number of rotatable bonds is 6. The van der Waals surface area contributed by atoms with Gasteiger partial charge in [-0.3, -0.25) is 4.79 Å². The summed E-state index contributed by atoms with van der Waals surface area (Å²) in [6.07, 6.45) is 0. The van der Waals surface area contributed by atoms with Gasteiger partial charge in [-0.15, -0.1) is 0 Å². The molecular formula is C17H19NO3. The molecular weight excluding hydrogens is 266 g/mol. The molecule has 0 saturated heterocycles. The maximum absolute atomic E-state index is 12.0. The minimum absolute atomic E-state index is 0.167. The van der Waals surface area contributed by atoms with Gasteiger partial charge in [-0.2, -0.15) is 0 Å². The van der Waals surface area contributed by atoms with Crippen molar-refractivity contribution in [3.63, 3.8) is 0 Å². The summed E-state index contributed by atoms with van der Waals surface area (Å²) in [5.41, 5.74) is 1.71. The molecule has 0 aromatic heterocycles. The maximum Gasteiger partial charge on any atom is 0.255 e. The predicted molar refractivity (Wildman–Crippen MR) is 82.0 cm³/mol. The Hall–Kier alpha value is -2.49. The van der Waals surface area contributed by atoms with Crippen LogP contribution in [0, 0.1) is 6.92 Å². The summed E-state index contributed by atoms with van der Waals surface area (Å²) in [7, 11) is 1.55. The van der Waals surface area contributed by atoms with Crippen LogP contribution in [-0.4, -0.2) is 26.2 Å². The number of hydrogen-bond acceptors (Lipinski definition) is 3. The summed E-state index contributed by atoms with van der Waals surface area (Å²) in [6.45, 7) is 2.88. The highest BCUT2D eigenvalue weighted by Gasteiger charge is 2.10. The van der Waals surface area contributed by atoms with Crippen LogP contribution in [0.15, 0.2) is 48.5 Å². The molecule has 2 aromatic rings. The molecule has 0 spiro atoms. The highest BCUT2D eigenvalue weighted by atomic mass is 16.5. The number of ether oxygens (including phenoxy) is 2. The monoisotopic (exact) mass is 285 g/mol. The minimum Gasteiger partial charge on any atom is -0.496 e. The van der Waals surface area contributed by atoms with Gasteiger partial charge in [-0.25, -0.2) is 0 Å². The van der Waals surface area contributed by atoms with Crippen molar-refractivity contribution >= 4 is 5.91 Å². The highest BCUT2D eigenvalue weighted by molar-refractivity contribution is 5.96. The van der Waals surface area contributed by atoms with E-state index in [-0.39, 0.29) is 5.91 Å². The van der Waals surface area contributed by atoms with Crippen LogP contribution in [0.4, 0.5) is 0 Å². The Morgan fingerprint density at radius 1 is 1.10 bits per heavy atom. The molecule has 0 unspecified atom stereocenters. The number of carbonyl (C=O) groups excluding carboxylic acids is 1. The molecule has 0 bridgehead atoms. The Kier molecular flexibility index (Phi) is 5.21. The maximum atomic E-state index is 12.0. The molecule has 0 radical (unpaired) electrons. The zero-order valence-electron chi connectivity index (χ0n) is 12.3. The van der Waals surface area contributed by atoms with E-state index in [9.17, 15) is 4.79 Å². The molecule has 2 aromatic carbocycles. The fraction of sp³-hybridized carbons (Fsp3) is 0.235. The van der Waals surface area contributed by atoms with Crippen LogP contribution < -0.4 is 14.8 Å². The van der Waals surface area contributed by atoms with Gasteiger partial charge < -0.3 is 14.8 Å². The lowest BCUT2D eigenvalue weighted by Crippen LogP contribution is -2.28. The van der Waals surface area contributed by atoms with Crippen LogP contribution in [0.5, 0.6) is 11.5 Å². The minimum atomic E-state index is -0.167. The van der Waals surface area contributed by atoms with Crippen molar-refractivity contribution < 1.29 is 14.3 Å². The lowest BCUT2D eigenvalue weighted by Gasteiger charge is -2.10. The fourth-order valence-corrected chi connectivity index (χ4v) is 1.90. The number of amides is 1. The number of hydrogen-bond donors (Lipinski definition) is 1. The van der Waals surface area contributed by atoms with E-state index in [4.69, 9.17) is 9.47 Å². The average Bonchev–Trinajstić information content (AvgIpc) is 2.53. The van der Waals surface area contributed by atoms with Crippen LogP contribution in [0.25, 0.3) is 0 Å². The SMILES string of the molecule is COc1ccccc1C(=O)NCCOc1ccc(C)cc1. The van der Waals surface area contributed by atoms with Gasteiger partial charge in [0, 0.05) is 0 Å². The highest BCUT2D eigenvalue weighted by Crippen LogP contribution is 2.16. The Labute approximate surface area is 124 Å². The first kappa shape index (κ1) is 14.9. The van der Waals surface area contributed by atoms with E-state index < -0.39 is 0 Å². The second kappa shape index (κ2) is 7.33. The van der Waals surface area contributed by atoms with E-state index >= 15 is 0 Å². The van der Waals surface area contributed by atoms with E-state index in [1.807, 2.05) is 37.3 Å². The van der Waals surface area contributed by atoms with Crippen molar-refractivity contribution in [2.45, 2.75) is 6.92 Å². The molecule has 1 amide bonds. The number of aryl methyl sites for hydroxylation is 1. The second-order valence-corrected chi connectivity index (χ2v) is 4.62. The van der Waals surface area contributed by atoms with Gasteiger partial charge in [0.2, 0.25) is 0 Å². The quantitative estimate of drug-likeness (QED) is 0.830. The number of carbonyl (C=O) groups is 1. The molecule has 0 heterocycles. The van der Waals surface area contributed by atoms with E-state index in [0.29, 0.717) is 24.5 Å². The standard InChI is InChI=1S/C17H19NO3/c1-13-7-9-14(10-8-13)21-12-11-18-17(19)15-5-3-4-6-16(15)20-2/h3-10H,11-12H2,1-2H3,(H,18,19). The van der Waals surface area contributed by atoms with Gasteiger partial charge in [0.1, 0.15) is 18.1 Å². The molecule has 0 fully saturated rings. The van der Waals surface area contributed by atoms with Crippen LogP contribution >= 0.6 is 0 Å². The largest absolute Gasteiger partial charge is 0.496 e. The Morgan fingerprint density at radius 3 is 2.52 bits per heavy atom. The Bertz CT molecular complexity index is 593. The summed E-state index contributed by atoms with van der Waals surface area (Å²) in [5.74, 6) is 1.20. The van der Waals surface area contributed by atoms with Crippen molar-refractivity contribution in [1.82, 2.24) is 5.32 Å². The molecule has 21 heavy (non-hydrogen) atoms. The average molecular weight is 285 g/mol. The van der Waals surface area contributed by atoms with Crippen LogP contribution in [0.3, 0.4) is 0 Å². The third kappa shape index (κ3) is 4.24. The molecule has 1 N–H and O–H groups in total. The molecule has 0 saturated carbocycles. The molecule has 4 nitrogen and oxygen atoms in total. The zero-order chi connectivity index (χ0) is 15.1. The molecule has 0 aliphatic heterocycles. The van der Waals surface area contributed by atoms with Gasteiger partial charge in [0.05, 0.1) is 19.2 Å². The summed E-state index contributed by atoms with van der Waals surface area (Å²) >= 11 is 0. The molecule has 2 rings (SSSR count). The Morgan fingerprint density at radius 2 is 1.81 bits per heavy atom. The van der Waals surface area contributed by atoms with Crippen molar-refractivity contribution in [3.05, 3.63) is 59.7 Å². The predicted octanol–water partition coefficient (Wildman–Crippen LogP) is 2.81. The third-order valence-corrected chi connectivity index (χ3v) is 3.03. The van der Waals surface area contributed by atoms with Gasteiger partial charge >= 0.3 is 0 Å². The Balaban J connectivity index is 1.80. The lowest BCUT2D eigenvalue weighted by molar-refractivity contribution is 0.0944. The number of nitrogens with one attached hydrogen (secondary N) is 1. The van der Waals surface area contributed by atoms with E-state index in [0.717, 1.165) is 5.75 Å². The second-order valence-electron chi connectivity index (χ2n) is 4.62. The van der Waals surface area contributed by atoms with Crippen molar-refractivity contribution in [2.75, 3.05) is 20.3 Å². The molecule has 0 aliphatic rings. The molecule has 0 atom stereocenters. The van der Waals surface area contributed by atoms with Crippen LogP contribution in [0.1, 0.15) is 15.9 Å². The molecule has 0 aliphatic carbocycles. The van der Waals surface area contributed by atoms with E-state index in [1.165, 1.54) is 5.56 Å². The van der Waals surface area contributed by atoms with Gasteiger partial charge in [-0.1, -0.05) is 29.8 Å². The fourth-order valence-electron chi connectivity index (χ4n) is 1.90. The molecule has 110 valence electrons. The molecule has 4 heteroatoms. The van der Waals surface area contributed by atoms with E-state index in [2.05, 4.69) is 5.32 Å². The van der Waals surface area contributed by atoms with Crippen molar-refractivity contribution in [3.8, 4) is 11.5 Å². The van der Waals surface area contributed by atoms with Crippen molar-refractivity contribution in [1.29, 1.82) is 0 Å². The zero-order valence-corrected chi connectivity index (χ0v) is 12.3. The van der Waals surface area contributed by atoms with Gasteiger partial charge in [0.15, 0.2) is 0 Å². The first-order valence-corrected chi connectivity index (χ1v) is 6.81. The van der Waals surface area contributed by atoms with Crippen LogP contribution in [-0.2, 0) is 0 Å². The number of methoxy groups -OCH3 is 1. The normalized spacial score (nSPS) is 10.0. The third-order valence-electron chi connectivity index (χ3n) is 3.03. The van der Waals surface area contributed by atoms with Gasteiger partial charge in [-0.05, 0) is 31.2 Å². The topological polar surface area (TPSA) is 47.6 Å². The first-order valence-electron chi connectivity index (χ1n) is 6.81. The summed E-state index contributed by atoms with van der Waals surface area (Å²) in [5, 5.41) is 2.81. The summed E-state index contributed by atoms with van der Waals surface area (Å²) in [6, 6.07) is 14.9. The summed E-state index contributed by atoms with van der Waals surface area (Å²) in [4.78, 5) is 12.0.